The number of fused-ring (bicyclic) bond motifs is 1. The number of benzene rings is 1. The number of rotatable bonds is 2. The van der Waals surface area contributed by atoms with Crippen LogP contribution in [-0.2, 0) is 11.4 Å². The summed E-state index contributed by atoms with van der Waals surface area (Å²) in [4.78, 5) is 17.8. The van der Waals surface area contributed by atoms with Gasteiger partial charge in [0.05, 0.1) is 11.0 Å². The lowest BCUT2D eigenvalue weighted by atomic mass is 10.2. The van der Waals surface area contributed by atoms with Crippen molar-refractivity contribution in [3.05, 3.63) is 23.8 Å². The molecule has 1 aromatic heterocycles. The number of aldehydes is 1. The van der Waals surface area contributed by atoms with Crippen molar-refractivity contribution in [2.75, 3.05) is 0 Å². The van der Waals surface area contributed by atoms with Crippen molar-refractivity contribution in [3.63, 3.8) is 0 Å². The molecule has 1 N–H and O–H groups in total. The summed E-state index contributed by atoms with van der Waals surface area (Å²) in [7, 11) is 0. The molecular formula is C9H7N2OS+. The molecule has 2 aromatic rings. The summed E-state index contributed by atoms with van der Waals surface area (Å²) >= 11 is 1.30. The Hall–Kier alpha value is -1.55. The number of imidazole rings is 1. The minimum Gasteiger partial charge on any atom is -0.298 e. The molecule has 0 amide bonds. The summed E-state index contributed by atoms with van der Waals surface area (Å²) in [6.07, 6.45) is 0.817. The molecule has 4 heteroatoms. The summed E-state index contributed by atoms with van der Waals surface area (Å²) in [6, 6.07) is 5.33. The van der Waals surface area contributed by atoms with Crippen LogP contribution in [0.3, 0.4) is 0 Å². The standard InChI is InChI=1S/C9H6N2OS/c1-13-9-10-7-3-2-6(5-12)4-8(7)11-9/h2-5H,1H2/p+1. The highest BCUT2D eigenvalue weighted by Gasteiger charge is 2.07. The van der Waals surface area contributed by atoms with Gasteiger partial charge in [0.15, 0.2) is 5.87 Å². The predicted molar refractivity (Wildman–Crippen MR) is 54.2 cm³/mol. The molecule has 2 rings (SSSR count). The van der Waals surface area contributed by atoms with Crippen LogP contribution in [0.15, 0.2) is 23.4 Å². The molecule has 13 heavy (non-hydrogen) atoms. The van der Waals surface area contributed by atoms with Gasteiger partial charge in [-0.2, -0.15) is 4.98 Å². The van der Waals surface area contributed by atoms with Crippen molar-refractivity contribution in [1.29, 1.82) is 0 Å². The Morgan fingerprint density at radius 3 is 3.08 bits per heavy atom. The van der Waals surface area contributed by atoms with Gasteiger partial charge < -0.3 is 0 Å². The van der Waals surface area contributed by atoms with Gasteiger partial charge in [0.25, 0.3) is 11.4 Å². The van der Waals surface area contributed by atoms with E-state index in [0.29, 0.717) is 5.56 Å². The summed E-state index contributed by atoms with van der Waals surface area (Å²) in [6.45, 7) is 0. The first-order valence-electron chi connectivity index (χ1n) is 3.70. The molecule has 0 unspecified atom stereocenters. The second-order valence-electron chi connectivity index (χ2n) is 2.58. The number of hydrogen-bond acceptors (Lipinski definition) is 2. The number of H-pyrrole nitrogens is 1. The van der Waals surface area contributed by atoms with E-state index >= 15 is 0 Å². The van der Waals surface area contributed by atoms with Gasteiger partial charge in [-0.15, -0.1) is 0 Å². The first-order chi connectivity index (χ1) is 6.33. The molecule has 0 spiro atoms. The van der Waals surface area contributed by atoms with E-state index < -0.39 is 0 Å². The average molecular weight is 191 g/mol. The smallest absolute Gasteiger partial charge is 0.298 e. The van der Waals surface area contributed by atoms with Gasteiger partial charge in [-0.1, -0.05) is 0 Å². The van der Waals surface area contributed by atoms with Crippen molar-refractivity contribution in [3.8, 4) is 0 Å². The van der Waals surface area contributed by atoms with Crippen LogP contribution in [0.25, 0.3) is 11.0 Å². The molecule has 0 aliphatic rings. The fraction of sp³-hybridized carbons (Fsp3) is 0. The SMILES string of the molecule is C=[S+]c1nc2ccc(C=O)cc2[nH]1. The summed E-state index contributed by atoms with van der Waals surface area (Å²) in [5, 5.41) is 0.762. The third-order valence-corrected chi connectivity index (χ3v) is 2.22. The lowest BCUT2D eigenvalue weighted by Gasteiger charge is -1.87. The number of hydrogen-bond donors (Lipinski definition) is 1. The zero-order chi connectivity index (χ0) is 9.26. The van der Waals surface area contributed by atoms with Gasteiger partial charge in [0, 0.05) is 5.56 Å². The second kappa shape index (κ2) is 3.06. The summed E-state index contributed by atoms with van der Waals surface area (Å²) in [5.74, 6) is 3.65. The molecule has 64 valence electrons. The van der Waals surface area contributed by atoms with Crippen LogP contribution < -0.4 is 0 Å². The van der Waals surface area contributed by atoms with E-state index in [1.807, 2.05) is 6.07 Å². The predicted octanol–water partition coefficient (Wildman–Crippen LogP) is 1.25. The minimum absolute atomic E-state index is 0.650. The lowest BCUT2D eigenvalue weighted by molar-refractivity contribution is 0.112. The maximum atomic E-state index is 10.5. The Labute approximate surface area is 78.8 Å². The Kier molecular flexibility index (Phi) is 1.90. The molecule has 0 fully saturated rings. The zero-order valence-corrected chi connectivity index (χ0v) is 7.60. The monoisotopic (exact) mass is 191 g/mol. The highest BCUT2D eigenvalue weighted by atomic mass is 32.1. The van der Waals surface area contributed by atoms with Gasteiger partial charge in [0.2, 0.25) is 0 Å². The molecule has 1 heterocycles. The van der Waals surface area contributed by atoms with E-state index in [4.69, 9.17) is 0 Å². The van der Waals surface area contributed by atoms with Crippen molar-refractivity contribution < 1.29 is 4.79 Å². The van der Waals surface area contributed by atoms with E-state index in [0.717, 1.165) is 22.5 Å². The number of aromatic nitrogens is 2. The van der Waals surface area contributed by atoms with E-state index in [1.54, 1.807) is 12.1 Å². The van der Waals surface area contributed by atoms with Gasteiger partial charge >= 0.3 is 5.16 Å². The molecule has 0 aliphatic carbocycles. The van der Waals surface area contributed by atoms with Crippen LogP contribution in [0.1, 0.15) is 10.4 Å². The Morgan fingerprint density at radius 2 is 2.38 bits per heavy atom. The highest BCUT2D eigenvalue weighted by molar-refractivity contribution is 7.75. The Morgan fingerprint density at radius 1 is 1.54 bits per heavy atom. The van der Waals surface area contributed by atoms with E-state index in [1.165, 1.54) is 11.4 Å². The van der Waals surface area contributed by atoms with Crippen LogP contribution in [0.4, 0.5) is 0 Å². The number of aromatic amines is 1. The number of carbonyl (C=O) groups excluding carboxylic acids is 1. The minimum atomic E-state index is 0.650. The van der Waals surface area contributed by atoms with Crippen molar-refractivity contribution >= 4 is 34.5 Å². The topological polar surface area (TPSA) is 45.8 Å². The van der Waals surface area contributed by atoms with Crippen LogP contribution in [0.5, 0.6) is 0 Å². The van der Waals surface area contributed by atoms with Crippen molar-refractivity contribution in [2.24, 2.45) is 0 Å². The fourth-order valence-corrected chi connectivity index (χ4v) is 1.49. The molecule has 1 aromatic carbocycles. The van der Waals surface area contributed by atoms with Gasteiger partial charge in [-0.05, 0) is 18.2 Å². The van der Waals surface area contributed by atoms with Gasteiger partial charge in [-0.3, -0.25) is 9.78 Å². The number of nitrogens with one attached hydrogen (secondary N) is 1. The van der Waals surface area contributed by atoms with Crippen molar-refractivity contribution in [2.45, 2.75) is 5.16 Å². The molecule has 0 saturated heterocycles. The normalized spacial score (nSPS) is 10.2. The van der Waals surface area contributed by atoms with Crippen LogP contribution in [0.2, 0.25) is 0 Å². The maximum absolute atomic E-state index is 10.5. The summed E-state index contributed by atoms with van der Waals surface area (Å²) in [5.41, 5.74) is 2.38. The average Bonchev–Trinajstić information content (AvgIpc) is 2.58. The second-order valence-corrected chi connectivity index (χ2v) is 3.26. The molecule has 0 bridgehead atoms. The van der Waals surface area contributed by atoms with E-state index in [2.05, 4.69) is 15.8 Å². The number of nitrogens with zero attached hydrogens (tertiary/aromatic N) is 1. The van der Waals surface area contributed by atoms with E-state index in [9.17, 15) is 4.79 Å². The fourth-order valence-electron chi connectivity index (χ4n) is 1.15. The molecule has 3 nitrogen and oxygen atoms in total. The van der Waals surface area contributed by atoms with Crippen LogP contribution in [-0.4, -0.2) is 22.1 Å². The number of carbonyl (C=O) groups is 1. The summed E-state index contributed by atoms with van der Waals surface area (Å²) < 4.78 is 0. The molecule has 0 saturated carbocycles. The van der Waals surface area contributed by atoms with Crippen LogP contribution in [0, 0.1) is 0 Å². The Balaban J connectivity index is 2.69. The lowest BCUT2D eigenvalue weighted by Crippen LogP contribution is -1.77. The van der Waals surface area contributed by atoms with E-state index in [-0.39, 0.29) is 0 Å². The van der Waals surface area contributed by atoms with Crippen molar-refractivity contribution in [1.82, 2.24) is 9.97 Å². The molecule has 0 atom stereocenters. The molecular weight excluding hydrogens is 184 g/mol. The third-order valence-electron chi connectivity index (χ3n) is 1.76. The first kappa shape index (κ1) is 8.07. The molecule has 0 aliphatic heterocycles. The van der Waals surface area contributed by atoms with Gasteiger partial charge in [0.1, 0.15) is 6.29 Å². The third kappa shape index (κ3) is 1.36. The highest BCUT2D eigenvalue weighted by Crippen LogP contribution is 2.12. The maximum Gasteiger partial charge on any atom is 0.400 e. The van der Waals surface area contributed by atoms with Gasteiger partial charge in [-0.25, -0.2) is 0 Å². The zero-order valence-electron chi connectivity index (χ0n) is 6.78. The Bertz CT molecular complexity index is 469. The largest absolute Gasteiger partial charge is 0.400 e. The molecule has 0 radical (unpaired) electrons. The van der Waals surface area contributed by atoms with Crippen LogP contribution >= 0.6 is 0 Å². The quantitative estimate of drug-likeness (QED) is 0.441. The first-order valence-corrected chi connectivity index (χ1v) is 4.69.